The Morgan fingerprint density at radius 2 is 1.93 bits per heavy atom. The van der Waals surface area contributed by atoms with Gasteiger partial charge >= 0.3 is 0 Å². The lowest BCUT2D eigenvalue weighted by atomic mass is 10.0. The van der Waals surface area contributed by atoms with Gasteiger partial charge in [-0.2, -0.15) is 0 Å². The predicted molar refractivity (Wildman–Crippen MR) is 61.9 cm³/mol. The van der Waals surface area contributed by atoms with Crippen LogP contribution in [-0.2, 0) is 0 Å². The van der Waals surface area contributed by atoms with Gasteiger partial charge in [0.25, 0.3) is 0 Å². The summed E-state index contributed by atoms with van der Waals surface area (Å²) in [5, 5.41) is 12.3. The van der Waals surface area contributed by atoms with Crippen molar-refractivity contribution in [1.29, 1.82) is 0 Å². The summed E-state index contributed by atoms with van der Waals surface area (Å²) in [6.45, 7) is 1.38. The quantitative estimate of drug-likeness (QED) is 0.814. The Balaban J connectivity index is 0.00000256. The first-order valence-corrected chi connectivity index (χ1v) is 4.32. The maximum atomic E-state index is 9.93. The van der Waals surface area contributed by atoms with Gasteiger partial charge in [-0.3, -0.25) is 0 Å². The summed E-state index contributed by atoms with van der Waals surface area (Å²) < 4.78 is 21.2. The number of aliphatic hydroxyl groups is 1. The van der Waals surface area contributed by atoms with Crippen LogP contribution in [0.3, 0.4) is 0 Å². The number of halogens is 1. The summed E-state index contributed by atoms with van der Waals surface area (Å²) >= 11 is 0. The van der Waals surface area contributed by atoms with Crippen molar-refractivity contribution in [2.75, 3.05) is 6.98 Å². The Bertz CT molecular complexity index is 340. The zero-order chi connectivity index (χ0) is 12.3. The fraction of sp³-hybridized carbons (Fsp3) is 0.455. The third kappa shape index (κ3) is 3.29. The van der Waals surface area contributed by atoms with Crippen LogP contribution in [0.15, 0.2) is 24.3 Å². The van der Waals surface area contributed by atoms with Crippen LogP contribution >= 0.6 is 12.4 Å². The molecule has 0 aliphatic rings. The van der Waals surface area contributed by atoms with E-state index >= 15 is 0 Å². The summed E-state index contributed by atoms with van der Waals surface area (Å²) in [5.74, 6) is 0. The number of nitrogens with one attached hydrogen (secondary N) is 1. The SMILES string of the molecule is Cl.[2H]C([2H])([2H])N[C@H](C)[C@@H](O)c1ccc(C)cc1. The molecule has 0 spiro atoms. The maximum absolute atomic E-state index is 9.93. The molecule has 0 aromatic heterocycles. The highest BCUT2D eigenvalue weighted by molar-refractivity contribution is 5.85. The largest absolute Gasteiger partial charge is 0.387 e. The molecular formula is C11H18ClNO. The van der Waals surface area contributed by atoms with Crippen molar-refractivity contribution in [1.82, 2.24) is 5.32 Å². The van der Waals surface area contributed by atoms with Crippen LogP contribution in [0, 0.1) is 6.92 Å². The smallest absolute Gasteiger partial charge is 0.0940 e. The molecule has 0 aliphatic carbocycles. The fourth-order valence-electron chi connectivity index (χ4n) is 1.13. The van der Waals surface area contributed by atoms with Crippen molar-refractivity contribution in [2.24, 2.45) is 0 Å². The van der Waals surface area contributed by atoms with Gasteiger partial charge in [-0.1, -0.05) is 29.8 Å². The van der Waals surface area contributed by atoms with Crippen LogP contribution in [0.2, 0.25) is 0 Å². The molecule has 0 saturated heterocycles. The van der Waals surface area contributed by atoms with Crippen molar-refractivity contribution in [2.45, 2.75) is 26.0 Å². The van der Waals surface area contributed by atoms with E-state index in [1.165, 1.54) is 0 Å². The summed E-state index contributed by atoms with van der Waals surface area (Å²) in [6.07, 6.45) is -0.818. The van der Waals surface area contributed by atoms with Gasteiger partial charge in [0.05, 0.1) is 6.10 Å². The first-order valence-electron chi connectivity index (χ1n) is 5.82. The Hall–Kier alpha value is -0.570. The molecule has 0 heterocycles. The number of aliphatic hydroxyl groups excluding tert-OH is 1. The topological polar surface area (TPSA) is 32.3 Å². The lowest BCUT2D eigenvalue weighted by Crippen LogP contribution is -2.28. The average Bonchev–Trinajstić information content (AvgIpc) is 2.15. The summed E-state index contributed by atoms with van der Waals surface area (Å²) in [5.41, 5.74) is 1.82. The zero-order valence-electron chi connectivity index (χ0n) is 11.3. The summed E-state index contributed by atoms with van der Waals surface area (Å²) in [4.78, 5) is 0. The van der Waals surface area contributed by atoms with Gasteiger partial charge in [0.15, 0.2) is 0 Å². The molecule has 2 nitrogen and oxygen atoms in total. The number of rotatable bonds is 3. The van der Waals surface area contributed by atoms with Crippen LogP contribution < -0.4 is 5.32 Å². The second-order valence-electron chi connectivity index (χ2n) is 3.29. The highest BCUT2D eigenvalue weighted by Crippen LogP contribution is 2.16. The molecule has 0 radical (unpaired) electrons. The van der Waals surface area contributed by atoms with E-state index in [2.05, 4.69) is 5.32 Å². The van der Waals surface area contributed by atoms with E-state index in [0.717, 1.165) is 11.1 Å². The molecule has 0 unspecified atom stereocenters. The van der Waals surface area contributed by atoms with Gasteiger partial charge in [0, 0.05) is 10.2 Å². The third-order valence-electron chi connectivity index (χ3n) is 2.12. The molecule has 0 fully saturated rings. The predicted octanol–water partition coefficient (Wildman–Crippen LogP) is 2.06. The zero-order valence-corrected chi connectivity index (χ0v) is 9.14. The van der Waals surface area contributed by atoms with Gasteiger partial charge in [-0.15, -0.1) is 12.4 Å². The molecule has 1 aromatic carbocycles. The van der Waals surface area contributed by atoms with Crippen molar-refractivity contribution >= 4 is 12.4 Å². The van der Waals surface area contributed by atoms with E-state index in [4.69, 9.17) is 4.11 Å². The van der Waals surface area contributed by atoms with Crippen LogP contribution in [0.1, 0.15) is 28.3 Å². The monoisotopic (exact) mass is 218 g/mol. The molecule has 14 heavy (non-hydrogen) atoms. The van der Waals surface area contributed by atoms with Gasteiger partial charge < -0.3 is 10.4 Å². The van der Waals surface area contributed by atoms with E-state index < -0.39 is 19.1 Å². The number of hydrogen-bond donors (Lipinski definition) is 2. The number of hydrogen-bond acceptors (Lipinski definition) is 2. The molecular weight excluding hydrogens is 198 g/mol. The molecule has 0 aliphatic heterocycles. The van der Waals surface area contributed by atoms with Crippen LogP contribution in [-0.4, -0.2) is 18.1 Å². The normalized spacial score (nSPS) is 18.4. The van der Waals surface area contributed by atoms with Gasteiger partial charge in [-0.05, 0) is 26.4 Å². The summed E-state index contributed by atoms with van der Waals surface area (Å²) in [6, 6.07) is 6.87. The molecule has 2 atom stereocenters. The number of aryl methyl sites for hydroxylation is 1. The minimum absolute atomic E-state index is 0. The lowest BCUT2D eigenvalue weighted by Gasteiger charge is -2.18. The molecule has 2 N–H and O–H groups in total. The van der Waals surface area contributed by atoms with Crippen molar-refractivity contribution in [3.8, 4) is 0 Å². The first kappa shape index (κ1) is 8.72. The van der Waals surface area contributed by atoms with Crippen LogP contribution in [0.4, 0.5) is 0 Å². The van der Waals surface area contributed by atoms with E-state index in [-0.39, 0.29) is 12.4 Å². The minimum Gasteiger partial charge on any atom is -0.387 e. The Kier molecular flexibility index (Phi) is 3.74. The van der Waals surface area contributed by atoms with Crippen LogP contribution in [0.25, 0.3) is 0 Å². The van der Waals surface area contributed by atoms with E-state index in [9.17, 15) is 5.11 Å². The molecule has 3 heteroatoms. The van der Waals surface area contributed by atoms with E-state index in [1.54, 1.807) is 19.1 Å². The molecule has 0 amide bonds. The van der Waals surface area contributed by atoms with Crippen molar-refractivity contribution in [3.05, 3.63) is 35.4 Å². The Labute approximate surface area is 96.0 Å². The lowest BCUT2D eigenvalue weighted by molar-refractivity contribution is 0.140. The maximum Gasteiger partial charge on any atom is 0.0940 e. The third-order valence-corrected chi connectivity index (χ3v) is 2.12. The number of likely N-dealkylation sites (N-methyl/N-ethyl adjacent to an activating group) is 1. The first-order chi connectivity index (χ1) is 7.29. The molecule has 0 bridgehead atoms. The van der Waals surface area contributed by atoms with Gasteiger partial charge in [-0.25, -0.2) is 0 Å². The van der Waals surface area contributed by atoms with Gasteiger partial charge in [0.2, 0.25) is 0 Å². The van der Waals surface area contributed by atoms with Gasteiger partial charge in [0.1, 0.15) is 0 Å². The standard InChI is InChI=1S/C11H17NO.ClH/c1-8-4-6-10(7-5-8)11(13)9(2)12-3;/h4-7,9,11-13H,1-3H3;1H/t9-,11-;/m1./s1/i3D3;. The molecule has 0 saturated carbocycles. The molecule has 1 rings (SSSR count). The average molecular weight is 219 g/mol. The molecule has 1 aromatic rings. The highest BCUT2D eigenvalue weighted by atomic mass is 35.5. The van der Waals surface area contributed by atoms with Crippen LogP contribution in [0.5, 0.6) is 0 Å². The fourth-order valence-corrected chi connectivity index (χ4v) is 1.13. The number of benzene rings is 1. The minimum atomic E-state index is -2.23. The van der Waals surface area contributed by atoms with E-state index in [1.807, 2.05) is 19.1 Å². The van der Waals surface area contributed by atoms with Crippen molar-refractivity contribution in [3.63, 3.8) is 0 Å². The second kappa shape index (κ2) is 6.02. The molecule has 80 valence electrons. The van der Waals surface area contributed by atoms with Crippen molar-refractivity contribution < 1.29 is 9.22 Å². The Morgan fingerprint density at radius 3 is 2.43 bits per heavy atom. The highest BCUT2D eigenvalue weighted by Gasteiger charge is 2.13. The Morgan fingerprint density at radius 1 is 1.36 bits per heavy atom. The second-order valence-corrected chi connectivity index (χ2v) is 3.29. The summed E-state index contributed by atoms with van der Waals surface area (Å²) in [7, 11) is 0. The van der Waals surface area contributed by atoms with E-state index in [0.29, 0.717) is 0 Å².